The van der Waals surface area contributed by atoms with Crippen LogP contribution in [0.25, 0.3) is 0 Å². The summed E-state index contributed by atoms with van der Waals surface area (Å²) in [6.07, 6.45) is 2.51. The molecule has 0 saturated heterocycles. The first kappa shape index (κ1) is 14.8. The lowest BCUT2D eigenvalue weighted by molar-refractivity contribution is -0.114. The van der Waals surface area contributed by atoms with E-state index < -0.39 is 0 Å². The molecule has 1 amide bonds. The van der Waals surface area contributed by atoms with Gasteiger partial charge in [0, 0.05) is 23.7 Å². The van der Waals surface area contributed by atoms with E-state index in [-0.39, 0.29) is 11.7 Å². The minimum absolute atomic E-state index is 0.000741. The van der Waals surface area contributed by atoms with Gasteiger partial charge in [0.15, 0.2) is 0 Å². The van der Waals surface area contributed by atoms with Crippen LogP contribution in [-0.2, 0) is 11.2 Å². The Bertz CT molecular complexity index is 522. The molecule has 0 aliphatic heterocycles. The van der Waals surface area contributed by atoms with Crippen molar-refractivity contribution in [2.75, 3.05) is 5.32 Å². The lowest BCUT2D eigenvalue weighted by Crippen LogP contribution is -2.10. The van der Waals surface area contributed by atoms with Crippen LogP contribution >= 0.6 is 0 Å². The summed E-state index contributed by atoms with van der Waals surface area (Å²) in [5, 5.41) is 25.0. The number of rotatable bonds is 5. The van der Waals surface area contributed by atoms with E-state index in [2.05, 4.69) is 17.1 Å². The van der Waals surface area contributed by atoms with Gasteiger partial charge in [-0.05, 0) is 25.0 Å². The van der Waals surface area contributed by atoms with Gasteiger partial charge in [-0.25, -0.2) is 0 Å². The maximum Gasteiger partial charge on any atom is 0.221 e. The Morgan fingerprint density at radius 2 is 2.21 bits per heavy atom. The number of hydrogen-bond acceptors (Lipinski definition) is 4. The number of allylic oxidation sites excluding steroid dienone is 1. The smallest absolute Gasteiger partial charge is 0.221 e. The molecule has 3 N–H and O–H groups in total. The molecular formula is C14H18N2O3. The topological polar surface area (TPSA) is 81.9 Å². The zero-order valence-electron chi connectivity index (χ0n) is 11.1. The maximum absolute atomic E-state index is 11.1. The molecule has 0 atom stereocenters. The number of phenolic OH excluding ortho intramolecular Hbond substituents is 1. The molecule has 5 heteroatoms. The molecule has 19 heavy (non-hydrogen) atoms. The molecule has 0 aliphatic carbocycles. The van der Waals surface area contributed by atoms with Crippen LogP contribution in [0.2, 0.25) is 0 Å². The molecule has 0 radical (unpaired) electrons. The molecule has 0 saturated carbocycles. The third-order valence-electron chi connectivity index (χ3n) is 2.71. The molecule has 0 unspecified atom stereocenters. The normalized spacial score (nSPS) is 11.2. The van der Waals surface area contributed by atoms with E-state index in [1.54, 1.807) is 18.2 Å². The summed E-state index contributed by atoms with van der Waals surface area (Å²) in [6, 6.07) is 3.29. The van der Waals surface area contributed by atoms with Gasteiger partial charge < -0.3 is 15.6 Å². The van der Waals surface area contributed by atoms with E-state index >= 15 is 0 Å². The number of nitrogens with zero attached hydrogens (tertiary/aromatic N) is 1. The Morgan fingerprint density at radius 1 is 1.53 bits per heavy atom. The summed E-state index contributed by atoms with van der Waals surface area (Å²) in [5.74, 6) is -0.218. The lowest BCUT2D eigenvalue weighted by atomic mass is 9.99. The first-order valence-corrected chi connectivity index (χ1v) is 5.99. The number of nitrogens with one attached hydrogen (secondary N) is 1. The average Bonchev–Trinajstić information content (AvgIpc) is 2.37. The fourth-order valence-corrected chi connectivity index (χ4v) is 1.84. The van der Waals surface area contributed by atoms with E-state index in [1.807, 2.05) is 6.92 Å². The van der Waals surface area contributed by atoms with Crippen molar-refractivity contribution < 1.29 is 15.1 Å². The van der Waals surface area contributed by atoms with Gasteiger partial charge in [0.1, 0.15) is 5.75 Å². The second-order valence-electron chi connectivity index (χ2n) is 4.06. The second kappa shape index (κ2) is 6.58. The first-order chi connectivity index (χ1) is 9.04. The molecule has 0 fully saturated rings. The summed E-state index contributed by atoms with van der Waals surface area (Å²) in [4.78, 5) is 11.1. The minimum Gasteiger partial charge on any atom is -0.507 e. The summed E-state index contributed by atoms with van der Waals surface area (Å²) >= 11 is 0. The number of benzene rings is 1. The van der Waals surface area contributed by atoms with E-state index in [4.69, 9.17) is 5.21 Å². The van der Waals surface area contributed by atoms with Gasteiger partial charge in [-0.2, -0.15) is 0 Å². The number of amides is 1. The Labute approximate surface area is 112 Å². The Kier molecular flexibility index (Phi) is 5.11. The molecule has 1 aromatic rings. The highest BCUT2D eigenvalue weighted by Gasteiger charge is 2.15. The van der Waals surface area contributed by atoms with Crippen molar-refractivity contribution in [3.05, 3.63) is 35.9 Å². The van der Waals surface area contributed by atoms with E-state index in [0.717, 1.165) is 0 Å². The van der Waals surface area contributed by atoms with Gasteiger partial charge in [-0.15, -0.1) is 6.58 Å². The number of hydrogen-bond donors (Lipinski definition) is 3. The van der Waals surface area contributed by atoms with Crippen LogP contribution < -0.4 is 5.32 Å². The summed E-state index contributed by atoms with van der Waals surface area (Å²) in [5.41, 5.74) is 1.92. The fourth-order valence-electron chi connectivity index (χ4n) is 1.84. The maximum atomic E-state index is 11.1. The van der Waals surface area contributed by atoms with Crippen molar-refractivity contribution in [3.63, 3.8) is 0 Å². The van der Waals surface area contributed by atoms with E-state index in [0.29, 0.717) is 35.4 Å². The molecule has 0 spiro atoms. The van der Waals surface area contributed by atoms with Gasteiger partial charge in [0.05, 0.1) is 5.71 Å². The van der Waals surface area contributed by atoms with Gasteiger partial charge in [0.25, 0.3) is 0 Å². The number of aromatic hydroxyl groups is 1. The standard InChI is InChI=1S/C14H18N2O3/c1-4-6-10-13(15-9(3)17)8-7-11(14(10)18)12(5-2)16-19/h4,7-8,18-19H,1,5-6H2,2-3H3,(H,15,17)/b16-12-. The van der Waals surface area contributed by atoms with Gasteiger partial charge >= 0.3 is 0 Å². The van der Waals surface area contributed by atoms with E-state index in [9.17, 15) is 9.90 Å². The monoisotopic (exact) mass is 262 g/mol. The fraction of sp³-hybridized carbons (Fsp3) is 0.286. The predicted octanol–water partition coefficient (Wildman–Crippen LogP) is 2.67. The molecule has 0 aliphatic rings. The van der Waals surface area contributed by atoms with E-state index in [1.165, 1.54) is 6.92 Å². The van der Waals surface area contributed by atoms with Crippen LogP contribution in [0.3, 0.4) is 0 Å². The number of carbonyl (C=O) groups is 1. The molecule has 1 aromatic carbocycles. The summed E-state index contributed by atoms with van der Waals surface area (Å²) < 4.78 is 0. The minimum atomic E-state index is -0.219. The Balaban J connectivity index is 3.37. The highest BCUT2D eigenvalue weighted by atomic mass is 16.4. The molecular weight excluding hydrogens is 244 g/mol. The molecule has 5 nitrogen and oxygen atoms in total. The Hall–Kier alpha value is -2.30. The van der Waals surface area contributed by atoms with Crippen LogP contribution in [0.5, 0.6) is 5.75 Å². The van der Waals surface area contributed by atoms with Crippen LogP contribution in [0.1, 0.15) is 31.4 Å². The highest BCUT2D eigenvalue weighted by molar-refractivity contribution is 6.03. The van der Waals surface area contributed by atoms with Crippen molar-refractivity contribution in [2.45, 2.75) is 26.7 Å². The second-order valence-corrected chi connectivity index (χ2v) is 4.06. The van der Waals surface area contributed by atoms with Crippen LogP contribution in [0.15, 0.2) is 29.9 Å². The third kappa shape index (κ3) is 3.34. The van der Waals surface area contributed by atoms with Crippen molar-refractivity contribution >= 4 is 17.3 Å². The SMILES string of the molecule is C=CCc1c(NC(C)=O)ccc(/C(CC)=N\O)c1O. The van der Waals surface area contributed by atoms with Crippen LogP contribution in [0, 0.1) is 0 Å². The molecule has 0 aromatic heterocycles. The number of carbonyl (C=O) groups excluding carboxylic acids is 1. The van der Waals surface area contributed by atoms with Crippen molar-refractivity contribution in [1.82, 2.24) is 0 Å². The van der Waals surface area contributed by atoms with Crippen molar-refractivity contribution in [2.24, 2.45) is 5.16 Å². The average molecular weight is 262 g/mol. The van der Waals surface area contributed by atoms with Gasteiger partial charge in [0.2, 0.25) is 5.91 Å². The summed E-state index contributed by atoms with van der Waals surface area (Å²) in [7, 11) is 0. The zero-order chi connectivity index (χ0) is 14.4. The zero-order valence-corrected chi connectivity index (χ0v) is 11.1. The van der Waals surface area contributed by atoms with Crippen molar-refractivity contribution in [3.8, 4) is 5.75 Å². The number of oxime groups is 1. The molecule has 102 valence electrons. The summed E-state index contributed by atoms with van der Waals surface area (Å²) in [6.45, 7) is 6.85. The quantitative estimate of drug-likeness (QED) is 0.330. The van der Waals surface area contributed by atoms with Gasteiger partial charge in [-0.3, -0.25) is 4.79 Å². The molecule has 1 rings (SSSR count). The predicted molar refractivity (Wildman–Crippen MR) is 74.9 cm³/mol. The van der Waals surface area contributed by atoms with Crippen LogP contribution in [-0.4, -0.2) is 21.9 Å². The Morgan fingerprint density at radius 3 is 2.68 bits per heavy atom. The lowest BCUT2D eigenvalue weighted by Gasteiger charge is -2.14. The molecule has 0 heterocycles. The largest absolute Gasteiger partial charge is 0.507 e. The number of anilines is 1. The molecule has 0 bridgehead atoms. The highest BCUT2D eigenvalue weighted by Crippen LogP contribution is 2.31. The van der Waals surface area contributed by atoms with Crippen molar-refractivity contribution in [1.29, 1.82) is 0 Å². The van der Waals surface area contributed by atoms with Crippen LogP contribution in [0.4, 0.5) is 5.69 Å². The number of phenols is 1. The first-order valence-electron chi connectivity index (χ1n) is 5.99. The third-order valence-corrected chi connectivity index (χ3v) is 2.71. The van der Waals surface area contributed by atoms with Gasteiger partial charge in [-0.1, -0.05) is 18.2 Å².